The monoisotopic (exact) mass is 503 g/mol. The number of rotatable bonds is 8. The van der Waals surface area contributed by atoms with E-state index in [1.807, 2.05) is 43.3 Å². The number of carbonyl (C=O) groups is 1. The lowest BCUT2D eigenvalue weighted by atomic mass is 9.81. The van der Waals surface area contributed by atoms with Gasteiger partial charge >= 0.3 is 0 Å². The van der Waals surface area contributed by atoms with Crippen LogP contribution in [0.4, 0.5) is 0 Å². The van der Waals surface area contributed by atoms with E-state index in [9.17, 15) is 14.7 Å². The summed E-state index contributed by atoms with van der Waals surface area (Å²) < 4.78 is 12.7. The molecule has 2 aromatic heterocycles. The summed E-state index contributed by atoms with van der Waals surface area (Å²) in [6.45, 7) is 3.28. The Bertz CT molecular complexity index is 1460. The Morgan fingerprint density at radius 2 is 1.95 bits per heavy atom. The minimum absolute atomic E-state index is 0.0130. The van der Waals surface area contributed by atoms with Crippen LogP contribution < -0.4 is 15.6 Å². The molecule has 1 fully saturated rings. The maximum Gasteiger partial charge on any atom is 0.274 e. The number of benzene rings is 2. The summed E-state index contributed by atoms with van der Waals surface area (Å²) in [6, 6.07) is 16.2. The van der Waals surface area contributed by atoms with Crippen LogP contribution in [0.3, 0.4) is 0 Å². The van der Waals surface area contributed by atoms with Gasteiger partial charge in [-0.15, -0.1) is 0 Å². The Morgan fingerprint density at radius 3 is 2.70 bits per heavy atom. The van der Waals surface area contributed by atoms with Gasteiger partial charge in [0.05, 0.1) is 17.9 Å². The number of aromatic nitrogens is 4. The van der Waals surface area contributed by atoms with Gasteiger partial charge in [0.1, 0.15) is 12.4 Å². The maximum atomic E-state index is 13.2. The first-order valence-electron chi connectivity index (χ1n) is 12.2. The Hall–Kier alpha value is -4.02. The first-order valence-corrected chi connectivity index (χ1v) is 12.2. The number of aromatic amines is 1. The van der Waals surface area contributed by atoms with Gasteiger partial charge in [0, 0.05) is 36.8 Å². The van der Waals surface area contributed by atoms with E-state index in [1.165, 1.54) is 10.6 Å². The molecule has 2 aromatic carbocycles. The van der Waals surface area contributed by atoms with Gasteiger partial charge < -0.3 is 19.9 Å². The molecule has 3 N–H and O–H groups in total. The molecule has 5 rings (SSSR count). The van der Waals surface area contributed by atoms with E-state index in [0.717, 1.165) is 11.1 Å². The Labute approximate surface area is 213 Å². The minimum atomic E-state index is -0.388. The highest BCUT2D eigenvalue weighted by atomic mass is 16.5. The summed E-state index contributed by atoms with van der Waals surface area (Å²) in [4.78, 5) is 34.8. The number of ether oxygens (including phenoxy) is 2. The highest BCUT2D eigenvalue weighted by molar-refractivity contribution is 5.98. The van der Waals surface area contributed by atoms with Crippen LogP contribution in [0.25, 0.3) is 17.2 Å². The number of carbonyl (C=O) groups excluding carboxylic acids is 1. The summed E-state index contributed by atoms with van der Waals surface area (Å²) in [5, 5.41) is 15.9. The first kappa shape index (κ1) is 24.7. The molecule has 10 nitrogen and oxygen atoms in total. The summed E-state index contributed by atoms with van der Waals surface area (Å²) in [7, 11) is 0. The predicted octanol–water partition coefficient (Wildman–Crippen LogP) is 2.49. The van der Waals surface area contributed by atoms with Gasteiger partial charge in [-0.2, -0.15) is 9.50 Å². The van der Waals surface area contributed by atoms with Crippen LogP contribution in [0.2, 0.25) is 0 Å². The number of amides is 1. The fraction of sp³-hybridized carbons (Fsp3) is 0.333. The molecule has 0 saturated carbocycles. The lowest BCUT2D eigenvalue weighted by molar-refractivity contribution is -0.0146. The molecule has 0 unspecified atom stereocenters. The molecule has 0 spiro atoms. The Balaban J connectivity index is 1.33. The predicted molar refractivity (Wildman–Crippen MR) is 136 cm³/mol. The second-order valence-corrected chi connectivity index (χ2v) is 9.35. The normalized spacial score (nSPS) is 15.0. The second kappa shape index (κ2) is 10.5. The van der Waals surface area contributed by atoms with Gasteiger partial charge in [0.2, 0.25) is 0 Å². The van der Waals surface area contributed by atoms with Crippen LogP contribution in [0.1, 0.15) is 34.5 Å². The topological polar surface area (TPSA) is 131 Å². The molecule has 1 aliphatic heterocycles. The lowest BCUT2D eigenvalue weighted by Crippen LogP contribution is -2.43. The van der Waals surface area contributed by atoms with E-state index >= 15 is 0 Å². The van der Waals surface area contributed by atoms with Crippen molar-refractivity contribution in [3.63, 3.8) is 0 Å². The third-order valence-corrected chi connectivity index (χ3v) is 6.78. The zero-order valence-corrected chi connectivity index (χ0v) is 20.6. The maximum absolute atomic E-state index is 13.2. The van der Waals surface area contributed by atoms with Crippen molar-refractivity contribution in [2.45, 2.75) is 26.4 Å². The van der Waals surface area contributed by atoms with E-state index in [2.05, 4.69) is 20.4 Å². The molecule has 0 aliphatic carbocycles. The number of hydrogen-bond donors (Lipinski definition) is 3. The van der Waals surface area contributed by atoms with Crippen molar-refractivity contribution in [3.05, 3.63) is 81.8 Å². The molecular formula is C27H29N5O5. The average molecular weight is 504 g/mol. The average Bonchev–Trinajstić information content (AvgIpc) is 3.37. The van der Waals surface area contributed by atoms with Crippen molar-refractivity contribution in [2.24, 2.45) is 5.41 Å². The number of hydrogen-bond acceptors (Lipinski definition) is 7. The number of aliphatic hydroxyl groups is 1. The number of fused-ring (bicyclic) bond motifs is 1. The number of H-pyrrole nitrogens is 1. The summed E-state index contributed by atoms with van der Waals surface area (Å²) in [5.74, 6) is 0.872. The smallest absolute Gasteiger partial charge is 0.274 e. The fourth-order valence-electron chi connectivity index (χ4n) is 4.48. The van der Waals surface area contributed by atoms with Crippen molar-refractivity contribution in [1.29, 1.82) is 0 Å². The molecule has 1 saturated heterocycles. The number of nitrogens with one attached hydrogen (secondary N) is 2. The van der Waals surface area contributed by atoms with E-state index in [-0.39, 0.29) is 35.9 Å². The van der Waals surface area contributed by atoms with E-state index < -0.39 is 0 Å². The SMILES string of the molecule is Cc1cccc(OCc2cc(=O)n3[nH]c(-c4ccccc4)nc3n2)c1C(=O)NCC1(CO)CCOCC1. The molecule has 3 heterocycles. The molecule has 37 heavy (non-hydrogen) atoms. The summed E-state index contributed by atoms with van der Waals surface area (Å²) in [5.41, 5.74) is 1.69. The van der Waals surface area contributed by atoms with Gasteiger partial charge in [-0.05, 0) is 31.4 Å². The Morgan fingerprint density at radius 1 is 1.16 bits per heavy atom. The van der Waals surface area contributed by atoms with Gasteiger partial charge in [0.15, 0.2) is 5.82 Å². The van der Waals surface area contributed by atoms with Crippen LogP contribution >= 0.6 is 0 Å². The number of aryl methyl sites for hydroxylation is 1. The van der Waals surface area contributed by atoms with E-state index in [4.69, 9.17) is 9.47 Å². The molecule has 4 aromatic rings. The highest BCUT2D eigenvalue weighted by Gasteiger charge is 2.33. The zero-order valence-electron chi connectivity index (χ0n) is 20.6. The summed E-state index contributed by atoms with van der Waals surface area (Å²) in [6.07, 6.45) is 1.37. The van der Waals surface area contributed by atoms with Gasteiger partial charge in [-0.3, -0.25) is 14.7 Å². The van der Waals surface area contributed by atoms with Crippen LogP contribution in [-0.2, 0) is 11.3 Å². The fourth-order valence-corrected chi connectivity index (χ4v) is 4.48. The number of aliphatic hydroxyl groups excluding tert-OH is 1. The second-order valence-electron chi connectivity index (χ2n) is 9.35. The van der Waals surface area contributed by atoms with Crippen molar-refractivity contribution < 1.29 is 19.4 Å². The van der Waals surface area contributed by atoms with Gasteiger partial charge in [-0.25, -0.2) is 4.98 Å². The zero-order chi connectivity index (χ0) is 25.8. The summed E-state index contributed by atoms with van der Waals surface area (Å²) >= 11 is 0. The van der Waals surface area contributed by atoms with Crippen molar-refractivity contribution >= 4 is 11.7 Å². The lowest BCUT2D eigenvalue weighted by Gasteiger charge is -2.35. The molecule has 10 heteroatoms. The minimum Gasteiger partial charge on any atom is -0.486 e. The molecule has 0 bridgehead atoms. The van der Waals surface area contributed by atoms with Crippen LogP contribution in [0.15, 0.2) is 59.4 Å². The third kappa shape index (κ3) is 5.25. The molecule has 0 atom stereocenters. The molecule has 192 valence electrons. The van der Waals surface area contributed by atoms with Crippen molar-refractivity contribution in [1.82, 2.24) is 24.9 Å². The standard InChI is InChI=1S/C27H29N5O5/c1-18-6-5-9-21(23(18)25(35)28-16-27(17-33)10-12-36-13-11-27)37-15-20-14-22(34)32-26(29-20)30-24(31-32)19-7-3-2-4-8-19/h2-9,14,33H,10-13,15-17H2,1H3,(H,28,35)(H,29,30,31). The molecule has 0 radical (unpaired) electrons. The number of nitrogens with zero attached hydrogens (tertiary/aromatic N) is 3. The first-order chi connectivity index (χ1) is 18.0. The van der Waals surface area contributed by atoms with Gasteiger partial charge in [-0.1, -0.05) is 42.5 Å². The molecule has 1 aliphatic rings. The van der Waals surface area contributed by atoms with Crippen molar-refractivity contribution in [3.8, 4) is 17.1 Å². The third-order valence-electron chi connectivity index (χ3n) is 6.78. The van der Waals surface area contributed by atoms with Crippen LogP contribution in [0, 0.1) is 12.3 Å². The highest BCUT2D eigenvalue weighted by Crippen LogP contribution is 2.30. The van der Waals surface area contributed by atoms with Crippen molar-refractivity contribution in [2.75, 3.05) is 26.4 Å². The van der Waals surface area contributed by atoms with E-state index in [0.29, 0.717) is 55.4 Å². The molecule has 1 amide bonds. The van der Waals surface area contributed by atoms with Crippen LogP contribution in [0.5, 0.6) is 5.75 Å². The van der Waals surface area contributed by atoms with E-state index in [1.54, 1.807) is 12.1 Å². The quantitative estimate of drug-likeness (QED) is 0.337. The molecular weight excluding hydrogens is 474 g/mol. The van der Waals surface area contributed by atoms with Gasteiger partial charge in [0.25, 0.3) is 17.2 Å². The Kier molecular flexibility index (Phi) is 7.02. The van der Waals surface area contributed by atoms with Crippen LogP contribution in [-0.4, -0.2) is 57.0 Å². The largest absolute Gasteiger partial charge is 0.486 e.